The lowest BCUT2D eigenvalue weighted by Gasteiger charge is -2.22. The van der Waals surface area contributed by atoms with Crippen LogP contribution in [0.25, 0.3) is 0 Å². The van der Waals surface area contributed by atoms with Crippen molar-refractivity contribution in [3.05, 3.63) is 12.3 Å². The highest BCUT2D eigenvalue weighted by atomic mass is 35.5. The first-order valence-electron chi connectivity index (χ1n) is 20.4. The number of carbonyl (C=O) groups is 3. The molecule has 10 N–H and O–H groups in total. The Morgan fingerprint density at radius 3 is 1.26 bits per heavy atom. The molecule has 0 aliphatic rings. The molecule has 0 saturated carbocycles. The van der Waals surface area contributed by atoms with E-state index in [1.165, 1.54) is 120 Å². The molecular formula is C39H79ClN6O5S2. The second kappa shape index (κ2) is 39.0. The van der Waals surface area contributed by atoms with Gasteiger partial charge in [0.05, 0.1) is 31.3 Å². The number of aliphatic hydroxyl groups is 2. The molecule has 0 heterocycles. The Balaban J connectivity index is 0. The Hall–Kier alpha value is -1.22. The lowest BCUT2D eigenvalue weighted by atomic mass is 10.1. The van der Waals surface area contributed by atoms with Gasteiger partial charge in [0.2, 0.25) is 17.7 Å². The van der Waals surface area contributed by atoms with E-state index in [4.69, 9.17) is 11.5 Å². The Labute approximate surface area is 337 Å². The van der Waals surface area contributed by atoms with Crippen molar-refractivity contribution < 1.29 is 24.6 Å². The fraction of sp³-hybridized carbons (Fsp3) is 0.872. The number of halogens is 1. The smallest absolute Gasteiger partial charge is 0.244 e. The van der Waals surface area contributed by atoms with Crippen LogP contribution in [0.15, 0.2) is 12.3 Å². The summed E-state index contributed by atoms with van der Waals surface area (Å²) in [6.45, 7) is 8.98. The standard InChI is InChI=1S/C39H78N6O5S2.ClH/c1-4-6-8-10-12-14-16-18-20-22-24-42-32(3)35(28-46)44-37(48)33(40)30-51-26-27-52-31-34(41)38(49)45-36(29-47)39(50)43-25-23-21-19-17-15-13-11-9-7-5-2;/h33-36,42,46-47H,3-31,40-41H2,1-2H3,(H,43,50)(H,44,48)(H,45,49);1H. The molecule has 0 fully saturated rings. The van der Waals surface area contributed by atoms with Crippen molar-refractivity contribution in [3.8, 4) is 0 Å². The number of unbranched alkanes of at least 4 members (excludes halogenated alkanes) is 18. The molecule has 4 atom stereocenters. The monoisotopic (exact) mass is 811 g/mol. The summed E-state index contributed by atoms with van der Waals surface area (Å²) in [4.78, 5) is 37.6. The summed E-state index contributed by atoms with van der Waals surface area (Å²) in [5.41, 5.74) is 12.7. The van der Waals surface area contributed by atoms with Gasteiger partial charge in [-0.25, -0.2) is 0 Å². The summed E-state index contributed by atoms with van der Waals surface area (Å²) in [5.74, 6) is 0.930. The van der Waals surface area contributed by atoms with E-state index in [0.29, 0.717) is 35.3 Å². The topological polar surface area (TPSA) is 192 Å². The maximum atomic E-state index is 12.6. The molecule has 0 aromatic rings. The number of aliphatic hydroxyl groups excluding tert-OH is 2. The number of amides is 3. The zero-order chi connectivity index (χ0) is 38.7. The predicted octanol–water partition coefficient (Wildman–Crippen LogP) is 5.54. The molecular weight excluding hydrogens is 732 g/mol. The maximum absolute atomic E-state index is 12.6. The highest BCUT2D eigenvalue weighted by molar-refractivity contribution is 8.03. The quantitative estimate of drug-likeness (QED) is 0.0367. The van der Waals surface area contributed by atoms with Crippen LogP contribution in [0.5, 0.6) is 0 Å². The number of carbonyl (C=O) groups excluding carboxylic acids is 3. The number of hydrogen-bond acceptors (Lipinski definition) is 10. The van der Waals surface area contributed by atoms with Gasteiger partial charge in [0, 0.05) is 41.8 Å². The zero-order valence-corrected chi connectivity index (χ0v) is 35.8. The third kappa shape index (κ3) is 31.7. The van der Waals surface area contributed by atoms with Crippen LogP contribution in [-0.2, 0) is 14.4 Å². The largest absolute Gasteiger partial charge is 0.394 e. The van der Waals surface area contributed by atoms with Crippen molar-refractivity contribution in [2.45, 2.75) is 166 Å². The molecule has 53 heavy (non-hydrogen) atoms. The molecule has 0 aromatic heterocycles. The van der Waals surface area contributed by atoms with Crippen molar-refractivity contribution in [2.75, 3.05) is 49.3 Å². The third-order valence-corrected chi connectivity index (χ3v) is 11.5. The normalized spacial score (nSPS) is 13.3. The van der Waals surface area contributed by atoms with Crippen molar-refractivity contribution in [2.24, 2.45) is 11.5 Å². The molecule has 314 valence electrons. The summed E-state index contributed by atoms with van der Waals surface area (Å²) in [6, 6.07) is -3.19. The van der Waals surface area contributed by atoms with Gasteiger partial charge in [-0.2, -0.15) is 23.5 Å². The van der Waals surface area contributed by atoms with E-state index < -0.39 is 42.6 Å². The molecule has 0 bridgehead atoms. The number of hydrogen-bond donors (Lipinski definition) is 8. The molecule has 4 unspecified atom stereocenters. The predicted molar refractivity (Wildman–Crippen MR) is 230 cm³/mol. The number of nitrogens with one attached hydrogen (secondary N) is 4. The molecule has 11 nitrogen and oxygen atoms in total. The van der Waals surface area contributed by atoms with Crippen molar-refractivity contribution in [1.29, 1.82) is 0 Å². The molecule has 0 aliphatic carbocycles. The molecule has 0 spiro atoms. The maximum Gasteiger partial charge on any atom is 0.244 e. The SMILES string of the molecule is C=C(NCCCCCCCCCCCC)C(CO)NC(=O)C(N)CSCCSCC(N)C(=O)NC(CO)C(=O)NCCCCCCCCCCCC.Cl. The van der Waals surface area contributed by atoms with Crippen molar-refractivity contribution in [3.63, 3.8) is 0 Å². The van der Waals surface area contributed by atoms with Crippen LogP contribution in [0.3, 0.4) is 0 Å². The highest BCUT2D eigenvalue weighted by Crippen LogP contribution is 2.12. The van der Waals surface area contributed by atoms with Crippen molar-refractivity contribution >= 4 is 53.7 Å². The molecule has 0 radical (unpaired) electrons. The number of rotatable bonds is 38. The van der Waals surface area contributed by atoms with Crippen LogP contribution in [-0.4, -0.2) is 101 Å². The minimum Gasteiger partial charge on any atom is -0.394 e. The summed E-state index contributed by atoms with van der Waals surface area (Å²) < 4.78 is 0. The molecule has 0 aromatic carbocycles. The van der Waals surface area contributed by atoms with Crippen LogP contribution in [0.4, 0.5) is 0 Å². The van der Waals surface area contributed by atoms with E-state index in [1.54, 1.807) is 0 Å². The highest BCUT2D eigenvalue weighted by Gasteiger charge is 2.23. The van der Waals surface area contributed by atoms with Gasteiger partial charge in [0.25, 0.3) is 0 Å². The van der Waals surface area contributed by atoms with Gasteiger partial charge >= 0.3 is 0 Å². The van der Waals surface area contributed by atoms with Crippen LogP contribution in [0.1, 0.15) is 142 Å². The van der Waals surface area contributed by atoms with E-state index in [1.807, 2.05) is 0 Å². The average Bonchev–Trinajstić information content (AvgIpc) is 3.14. The lowest BCUT2D eigenvalue weighted by molar-refractivity contribution is -0.130. The van der Waals surface area contributed by atoms with E-state index in [2.05, 4.69) is 41.7 Å². The van der Waals surface area contributed by atoms with Crippen molar-refractivity contribution in [1.82, 2.24) is 21.3 Å². The van der Waals surface area contributed by atoms with Gasteiger partial charge in [-0.3, -0.25) is 14.4 Å². The van der Waals surface area contributed by atoms with Crippen LogP contribution < -0.4 is 32.7 Å². The second-order valence-electron chi connectivity index (χ2n) is 14.0. The first kappa shape index (κ1) is 53.9. The number of thioether (sulfide) groups is 2. The summed E-state index contributed by atoms with van der Waals surface area (Å²) in [5, 5.41) is 30.9. The van der Waals surface area contributed by atoms with Gasteiger partial charge in [-0.1, -0.05) is 136 Å². The fourth-order valence-corrected chi connectivity index (χ4v) is 7.70. The molecule has 0 saturated heterocycles. The Bertz CT molecular complexity index is 840. The minimum absolute atomic E-state index is 0. The summed E-state index contributed by atoms with van der Waals surface area (Å²) in [6.07, 6.45) is 24.7. The van der Waals surface area contributed by atoms with Gasteiger partial charge in [0.15, 0.2) is 0 Å². The van der Waals surface area contributed by atoms with E-state index in [0.717, 1.165) is 38.6 Å². The first-order chi connectivity index (χ1) is 25.2. The van der Waals surface area contributed by atoms with E-state index in [-0.39, 0.29) is 24.9 Å². The van der Waals surface area contributed by atoms with Gasteiger partial charge < -0.3 is 42.9 Å². The van der Waals surface area contributed by atoms with Crippen LogP contribution in [0, 0.1) is 0 Å². The second-order valence-corrected chi connectivity index (χ2v) is 16.3. The third-order valence-electron chi connectivity index (χ3n) is 9.09. The molecule has 0 rings (SSSR count). The van der Waals surface area contributed by atoms with Gasteiger partial charge in [-0.15, -0.1) is 12.4 Å². The fourth-order valence-electron chi connectivity index (χ4n) is 5.62. The van der Waals surface area contributed by atoms with E-state index in [9.17, 15) is 24.6 Å². The molecule has 3 amide bonds. The van der Waals surface area contributed by atoms with Gasteiger partial charge in [0.1, 0.15) is 6.04 Å². The van der Waals surface area contributed by atoms with E-state index >= 15 is 0 Å². The first-order valence-corrected chi connectivity index (χ1v) is 22.7. The van der Waals surface area contributed by atoms with Crippen LogP contribution >= 0.6 is 35.9 Å². The number of nitrogens with two attached hydrogens (primary N) is 2. The Morgan fingerprint density at radius 2 is 0.887 bits per heavy atom. The summed E-state index contributed by atoms with van der Waals surface area (Å²) in [7, 11) is 0. The molecule has 0 aliphatic heterocycles. The summed E-state index contributed by atoms with van der Waals surface area (Å²) >= 11 is 3.02. The van der Waals surface area contributed by atoms with Crippen LogP contribution in [0.2, 0.25) is 0 Å². The molecule has 14 heteroatoms. The average molecular weight is 812 g/mol. The minimum atomic E-state index is -1.03. The Morgan fingerprint density at radius 1 is 0.547 bits per heavy atom. The van der Waals surface area contributed by atoms with Gasteiger partial charge in [-0.05, 0) is 12.8 Å². The zero-order valence-electron chi connectivity index (χ0n) is 33.3. The Kier molecular flexibility index (Phi) is 39.7. The lowest BCUT2D eigenvalue weighted by Crippen LogP contribution is -2.53.